The van der Waals surface area contributed by atoms with E-state index in [9.17, 15) is 4.39 Å². The number of hydroxylamine groups is 1. The fourth-order valence-electron chi connectivity index (χ4n) is 3.05. The zero-order valence-electron chi connectivity index (χ0n) is 15.4. The van der Waals surface area contributed by atoms with Gasteiger partial charge in [0.1, 0.15) is 5.82 Å². The van der Waals surface area contributed by atoms with Gasteiger partial charge in [-0.1, -0.05) is 42.3 Å². The maximum absolute atomic E-state index is 14.6. The van der Waals surface area contributed by atoms with Crippen molar-refractivity contribution < 1.29 is 9.23 Å². The van der Waals surface area contributed by atoms with Crippen LogP contribution in [0.1, 0.15) is 30.9 Å². The fraction of sp³-hybridized carbons (Fsp3) is 0.300. The molecule has 1 N–H and O–H groups in total. The predicted molar refractivity (Wildman–Crippen MR) is 113 cm³/mol. The van der Waals surface area contributed by atoms with E-state index < -0.39 is 0 Å². The van der Waals surface area contributed by atoms with E-state index in [2.05, 4.69) is 22.3 Å². The quantitative estimate of drug-likeness (QED) is 0.577. The van der Waals surface area contributed by atoms with E-state index in [-0.39, 0.29) is 12.5 Å². The topological polar surface area (TPSA) is 49.8 Å². The molecule has 0 aliphatic carbocycles. The molecule has 1 aromatic heterocycles. The predicted octanol–water partition coefficient (Wildman–Crippen LogP) is 5.13. The van der Waals surface area contributed by atoms with Crippen molar-refractivity contribution >= 4 is 44.1 Å². The lowest BCUT2D eigenvalue weighted by molar-refractivity contribution is 0.115. The number of amidine groups is 1. The summed E-state index contributed by atoms with van der Waals surface area (Å²) in [6.45, 7) is 3.79. The number of aromatic nitrogens is 1. The molecule has 146 valence electrons. The molecule has 4 rings (SSSR count). The van der Waals surface area contributed by atoms with Crippen LogP contribution in [0.5, 0.6) is 0 Å². The SMILES string of the molecule is CCCCN(Cc1ccc(C2=NCON2)c(F)c1)c1nc2ccc(Cl)cc2s1. The summed E-state index contributed by atoms with van der Waals surface area (Å²) in [5, 5.41) is 1.62. The van der Waals surface area contributed by atoms with E-state index >= 15 is 0 Å². The molecule has 3 aromatic rings. The standard InChI is InChI=1S/C20H20ClFN4OS/c1-2-3-8-26(20-24-17-7-5-14(21)10-18(17)28-20)11-13-4-6-15(16(22)9-13)19-23-12-27-25-19/h4-7,9-10H,2-3,8,11-12H2,1H3,(H,23,25). The summed E-state index contributed by atoms with van der Waals surface area (Å²) in [5.41, 5.74) is 4.85. The van der Waals surface area contributed by atoms with Crippen molar-refractivity contribution in [3.63, 3.8) is 0 Å². The third-order valence-corrected chi connectivity index (χ3v) is 5.82. The molecule has 2 heterocycles. The highest BCUT2D eigenvalue weighted by atomic mass is 35.5. The third-order valence-electron chi connectivity index (χ3n) is 4.51. The van der Waals surface area contributed by atoms with Crippen LogP contribution in [0.4, 0.5) is 9.52 Å². The Morgan fingerprint density at radius 2 is 2.18 bits per heavy atom. The molecule has 5 nitrogen and oxygen atoms in total. The molecule has 0 unspecified atom stereocenters. The zero-order chi connectivity index (χ0) is 19.5. The number of benzene rings is 2. The van der Waals surface area contributed by atoms with E-state index in [1.165, 1.54) is 0 Å². The van der Waals surface area contributed by atoms with Crippen LogP contribution in [0, 0.1) is 5.82 Å². The molecule has 2 aromatic carbocycles. The number of fused-ring (bicyclic) bond motifs is 1. The van der Waals surface area contributed by atoms with E-state index in [0.29, 0.717) is 23.0 Å². The molecule has 0 spiro atoms. The van der Waals surface area contributed by atoms with Crippen LogP contribution in [0.2, 0.25) is 5.02 Å². The Hall–Kier alpha value is -2.22. The van der Waals surface area contributed by atoms with Gasteiger partial charge in [0.2, 0.25) is 0 Å². The lowest BCUT2D eigenvalue weighted by atomic mass is 10.1. The van der Waals surface area contributed by atoms with Crippen molar-refractivity contribution in [3.05, 3.63) is 58.4 Å². The first-order chi connectivity index (χ1) is 13.6. The minimum atomic E-state index is -0.319. The molecule has 0 saturated heterocycles. The van der Waals surface area contributed by atoms with Gasteiger partial charge in [-0.2, -0.15) is 0 Å². The first-order valence-corrected chi connectivity index (χ1v) is 10.4. The van der Waals surface area contributed by atoms with Crippen molar-refractivity contribution in [2.75, 3.05) is 18.2 Å². The van der Waals surface area contributed by atoms with Crippen molar-refractivity contribution in [2.45, 2.75) is 26.3 Å². The lowest BCUT2D eigenvalue weighted by Crippen LogP contribution is -2.24. The molecule has 0 fully saturated rings. The molecule has 0 saturated carbocycles. The van der Waals surface area contributed by atoms with Gasteiger partial charge in [0.25, 0.3) is 0 Å². The molecule has 0 atom stereocenters. The Labute approximate surface area is 171 Å². The Morgan fingerprint density at radius 1 is 1.29 bits per heavy atom. The monoisotopic (exact) mass is 418 g/mol. The highest BCUT2D eigenvalue weighted by Gasteiger charge is 2.17. The first-order valence-electron chi connectivity index (χ1n) is 9.16. The Kier molecular flexibility index (Phi) is 5.75. The molecule has 1 aliphatic heterocycles. The smallest absolute Gasteiger partial charge is 0.186 e. The molecule has 28 heavy (non-hydrogen) atoms. The number of nitrogens with zero attached hydrogens (tertiary/aromatic N) is 3. The minimum absolute atomic E-state index is 0.197. The number of unbranched alkanes of at least 4 members (excludes halogenated alkanes) is 1. The van der Waals surface area contributed by atoms with Gasteiger partial charge >= 0.3 is 0 Å². The number of halogens is 2. The number of anilines is 1. The molecular weight excluding hydrogens is 399 g/mol. The summed E-state index contributed by atoms with van der Waals surface area (Å²) in [6.07, 6.45) is 2.11. The molecule has 0 bridgehead atoms. The number of hydrogen-bond donors (Lipinski definition) is 1. The third kappa shape index (κ3) is 4.11. The highest BCUT2D eigenvalue weighted by Crippen LogP contribution is 2.32. The highest BCUT2D eigenvalue weighted by molar-refractivity contribution is 7.22. The van der Waals surface area contributed by atoms with E-state index in [4.69, 9.17) is 21.4 Å². The largest absolute Gasteiger partial charge is 0.344 e. The van der Waals surface area contributed by atoms with Gasteiger partial charge in [-0.3, -0.25) is 4.84 Å². The van der Waals surface area contributed by atoms with Crippen molar-refractivity contribution in [1.82, 2.24) is 10.5 Å². The summed E-state index contributed by atoms with van der Waals surface area (Å²) in [6, 6.07) is 10.9. The summed E-state index contributed by atoms with van der Waals surface area (Å²) >= 11 is 7.71. The van der Waals surface area contributed by atoms with E-state index in [0.717, 1.165) is 40.3 Å². The van der Waals surface area contributed by atoms with Crippen molar-refractivity contribution in [1.29, 1.82) is 0 Å². The van der Waals surface area contributed by atoms with Crippen LogP contribution in [0.15, 0.2) is 41.4 Å². The number of thiazole rings is 1. The van der Waals surface area contributed by atoms with Crippen LogP contribution >= 0.6 is 22.9 Å². The van der Waals surface area contributed by atoms with Crippen LogP contribution in [0.25, 0.3) is 10.2 Å². The second-order valence-corrected chi connectivity index (χ2v) is 8.03. The van der Waals surface area contributed by atoms with Gasteiger partial charge in [0.15, 0.2) is 17.7 Å². The normalized spacial score (nSPS) is 13.6. The Balaban J connectivity index is 1.59. The number of rotatable bonds is 7. The minimum Gasteiger partial charge on any atom is -0.344 e. The number of aliphatic imine (C=N–C) groups is 1. The molecule has 0 amide bonds. The van der Waals surface area contributed by atoms with Gasteiger partial charge < -0.3 is 4.90 Å². The lowest BCUT2D eigenvalue weighted by Gasteiger charge is -2.22. The Bertz CT molecular complexity index is 1020. The molecule has 8 heteroatoms. The second-order valence-electron chi connectivity index (χ2n) is 6.58. The summed E-state index contributed by atoms with van der Waals surface area (Å²) < 4.78 is 15.6. The average Bonchev–Trinajstić information content (AvgIpc) is 3.34. The number of nitrogens with one attached hydrogen (secondary N) is 1. The molecule has 0 radical (unpaired) electrons. The van der Waals surface area contributed by atoms with Gasteiger partial charge in [-0.25, -0.2) is 19.8 Å². The summed E-state index contributed by atoms with van der Waals surface area (Å²) in [4.78, 5) is 16.0. The van der Waals surface area contributed by atoms with Gasteiger partial charge in [0.05, 0.1) is 15.8 Å². The second kappa shape index (κ2) is 8.43. The van der Waals surface area contributed by atoms with E-state index in [1.807, 2.05) is 24.3 Å². The van der Waals surface area contributed by atoms with Crippen LogP contribution in [0.3, 0.4) is 0 Å². The van der Waals surface area contributed by atoms with Crippen molar-refractivity contribution in [3.8, 4) is 0 Å². The van der Waals surface area contributed by atoms with E-state index in [1.54, 1.807) is 23.5 Å². The average molecular weight is 419 g/mol. The zero-order valence-corrected chi connectivity index (χ0v) is 17.0. The van der Waals surface area contributed by atoms with Gasteiger partial charge in [-0.05, 0) is 42.3 Å². The summed E-state index contributed by atoms with van der Waals surface area (Å²) in [7, 11) is 0. The van der Waals surface area contributed by atoms with Gasteiger partial charge in [-0.15, -0.1) is 0 Å². The van der Waals surface area contributed by atoms with Crippen LogP contribution < -0.4 is 10.4 Å². The van der Waals surface area contributed by atoms with Gasteiger partial charge in [0, 0.05) is 18.1 Å². The fourth-order valence-corrected chi connectivity index (χ4v) is 4.32. The van der Waals surface area contributed by atoms with Crippen LogP contribution in [-0.4, -0.2) is 24.1 Å². The Morgan fingerprint density at radius 3 is 2.93 bits per heavy atom. The van der Waals surface area contributed by atoms with Crippen LogP contribution in [-0.2, 0) is 11.4 Å². The van der Waals surface area contributed by atoms with Crippen molar-refractivity contribution in [2.24, 2.45) is 4.99 Å². The summed E-state index contributed by atoms with van der Waals surface area (Å²) in [5.74, 6) is 0.107. The first kappa shape index (κ1) is 19.1. The molecular formula is C20H20ClFN4OS. The number of hydrogen-bond acceptors (Lipinski definition) is 6. The maximum Gasteiger partial charge on any atom is 0.186 e. The molecule has 1 aliphatic rings. The maximum atomic E-state index is 14.6.